The molecule has 0 aromatic carbocycles. The van der Waals surface area contributed by atoms with E-state index in [1.54, 1.807) is 11.1 Å². The fourth-order valence-electron chi connectivity index (χ4n) is 2.48. The zero-order chi connectivity index (χ0) is 12.2. The quantitative estimate of drug-likeness (QED) is 0.483. The Morgan fingerprint density at radius 2 is 2.12 bits per heavy atom. The first-order valence-electron chi connectivity index (χ1n) is 6.22. The minimum atomic E-state index is 0.361. The second-order valence-electron chi connectivity index (χ2n) is 5.45. The average Bonchev–Trinajstić information content (AvgIpc) is 2.16. The highest BCUT2D eigenvalue weighted by atomic mass is 31.0. The monoisotopic (exact) mass is 236 g/mol. The van der Waals surface area contributed by atoms with Gasteiger partial charge in [0.15, 0.2) is 0 Å². The van der Waals surface area contributed by atoms with Crippen molar-refractivity contribution in [2.24, 2.45) is 5.41 Å². The summed E-state index contributed by atoms with van der Waals surface area (Å²) >= 11 is 0. The zero-order valence-corrected chi connectivity index (χ0v) is 12.3. The van der Waals surface area contributed by atoms with Crippen LogP contribution in [0, 0.1) is 5.41 Å². The van der Waals surface area contributed by atoms with E-state index in [-0.39, 0.29) is 0 Å². The number of rotatable bonds is 3. The van der Waals surface area contributed by atoms with Gasteiger partial charge in [0.2, 0.25) is 0 Å². The Hall–Kier alpha value is -0.350. The van der Waals surface area contributed by atoms with E-state index in [9.17, 15) is 0 Å². The molecule has 1 rings (SSSR count). The molecule has 0 N–H and O–H groups in total. The van der Waals surface area contributed by atoms with E-state index < -0.39 is 0 Å². The largest absolute Gasteiger partial charge is 0.134 e. The van der Waals surface area contributed by atoms with Crippen LogP contribution in [0.5, 0.6) is 0 Å². The van der Waals surface area contributed by atoms with Crippen molar-refractivity contribution in [2.45, 2.75) is 47.0 Å². The van der Waals surface area contributed by atoms with E-state index in [1.165, 1.54) is 24.8 Å². The van der Waals surface area contributed by atoms with E-state index >= 15 is 0 Å². The standard InChI is InChI=1S/C15H25P/c1-12(9-11-16)7-8-14-13(2)6-5-10-15(14,3)4/h7-9H,5-6,10-11,16H2,1-4H3/b8-7+,12-9+. The van der Waals surface area contributed by atoms with Crippen LogP contribution in [-0.4, -0.2) is 6.16 Å². The minimum Gasteiger partial charge on any atom is -0.134 e. The molecule has 1 heteroatoms. The third-order valence-corrected chi connectivity index (χ3v) is 3.73. The molecule has 0 saturated heterocycles. The van der Waals surface area contributed by atoms with Gasteiger partial charge in [-0.05, 0) is 50.3 Å². The van der Waals surface area contributed by atoms with Crippen LogP contribution in [0.2, 0.25) is 0 Å². The van der Waals surface area contributed by atoms with Crippen molar-refractivity contribution in [3.05, 3.63) is 34.9 Å². The molecule has 1 atom stereocenters. The Morgan fingerprint density at radius 1 is 1.44 bits per heavy atom. The van der Waals surface area contributed by atoms with Crippen LogP contribution in [0.1, 0.15) is 47.0 Å². The molecule has 0 saturated carbocycles. The number of hydrogen-bond acceptors (Lipinski definition) is 0. The van der Waals surface area contributed by atoms with E-state index in [2.05, 4.69) is 55.2 Å². The van der Waals surface area contributed by atoms with Crippen molar-refractivity contribution in [3.63, 3.8) is 0 Å². The molecule has 90 valence electrons. The van der Waals surface area contributed by atoms with Crippen LogP contribution in [0.4, 0.5) is 0 Å². The summed E-state index contributed by atoms with van der Waals surface area (Å²) in [5.41, 5.74) is 4.85. The summed E-state index contributed by atoms with van der Waals surface area (Å²) in [7, 11) is 2.74. The van der Waals surface area contributed by atoms with Crippen LogP contribution in [0.25, 0.3) is 0 Å². The molecule has 0 bridgehead atoms. The average molecular weight is 236 g/mol. The van der Waals surface area contributed by atoms with Crippen LogP contribution in [0.3, 0.4) is 0 Å². The molecule has 0 aliphatic heterocycles. The molecule has 0 aromatic heterocycles. The molecule has 1 aliphatic carbocycles. The molecule has 0 radical (unpaired) electrons. The lowest BCUT2D eigenvalue weighted by molar-refractivity contribution is 0.377. The van der Waals surface area contributed by atoms with Gasteiger partial charge in [-0.2, -0.15) is 0 Å². The first-order valence-corrected chi connectivity index (χ1v) is 7.04. The molecule has 16 heavy (non-hydrogen) atoms. The van der Waals surface area contributed by atoms with E-state index in [4.69, 9.17) is 0 Å². The van der Waals surface area contributed by atoms with Gasteiger partial charge >= 0.3 is 0 Å². The molecular formula is C15H25P. The van der Waals surface area contributed by atoms with Gasteiger partial charge in [0, 0.05) is 0 Å². The van der Waals surface area contributed by atoms with Gasteiger partial charge in [-0.15, -0.1) is 9.24 Å². The summed E-state index contributed by atoms with van der Waals surface area (Å²) in [5.74, 6) is 0. The molecule has 0 fully saturated rings. The molecule has 0 spiro atoms. The van der Waals surface area contributed by atoms with Crippen molar-refractivity contribution in [2.75, 3.05) is 6.16 Å². The van der Waals surface area contributed by atoms with Gasteiger partial charge in [0.1, 0.15) is 0 Å². The predicted molar refractivity (Wildman–Crippen MR) is 77.8 cm³/mol. The highest BCUT2D eigenvalue weighted by Crippen LogP contribution is 2.40. The van der Waals surface area contributed by atoms with Crippen molar-refractivity contribution in [1.29, 1.82) is 0 Å². The van der Waals surface area contributed by atoms with Gasteiger partial charge in [0.05, 0.1) is 0 Å². The number of allylic oxidation sites excluding steroid dienone is 6. The first kappa shape index (κ1) is 13.7. The van der Waals surface area contributed by atoms with Gasteiger partial charge in [-0.25, -0.2) is 0 Å². The summed E-state index contributed by atoms with van der Waals surface area (Å²) in [6, 6.07) is 0. The maximum absolute atomic E-state index is 2.74. The van der Waals surface area contributed by atoms with Crippen molar-refractivity contribution < 1.29 is 0 Å². The lowest BCUT2D eigenvalue weighted by Crippen LogP contribution is -2.19. The van der Waals surface area contributed by atoms with Crippen molar-refractivity contribution >= 4 is 9.24 Å². The molecular weight excluding hydrogens is 211 g/mol. The van der Waals surface area contributed by atoms with E-state index in [0.29, 0.717) is 5.41 Å². The highest BCUT2D eigenvalue weighted by Gasteiger charge is 2.26. The van der Waals surface area contributed by atoms with Crippen LogP contribution in [0.15, 0.2) is 34.9 Å². The third kappa shape index (κ3) is 3.59. The summed E-state index contributed by atoms with van der Waals surface area (Å²) < 4.78 is 0. The normalized spacial score (nSPS) is 21.9. The fourth-order valence-corrected chi connectivity index (χ4v) is 2.85. The summed E-state index contributed by atoms with van der Waals surface area (Å²) in [6.07, 6.45) is 11.8. The second-order valence-corrected chi connectivity index (χ2v) is 5.92. The van der Waals surface area contributed by atoms with Gasteiger partial charge < -0.3 is 0 Å². The SMILES string of the molecule is CC1=C(/C=C/C(C)=C/CP)C(C)(C)CCC1. The second kappa shape index (κ2) is 5.82. The smallest absolute Gasteiger partial charge is 0.0104 e. The van der Waals surface area contributed by atoms with Gasteiger partial charge in [0.25, 0.3) is 0 Å². The molecule has 0 heterocycles. The third-order valence-electron chi connectivity index (χ3n) is 3.50. The number of hydrogen-bond donors (Lipinski definition) is 0. The Morgan fingerprint density at radius 3 is 2.69 bits per heavy atom. The Balaban J connectivity index is 2.89. The molecule has 0 amide bonds. The molecule has 1 aliphatic rings. The Bertz CT molecular complexity index is 329. The lowest BCUT2D eigenvalue weighted by atomic mass is 9.72. The predicted octanol–water partition coefficient (Wildman–Crippen LogP) is 4.89. The fraction of sp³-hybridized carbons (Fsp3) is 0.600. The summed E-state index contributed by atoms with van der Waals surface area (Å²) in [5, 5.41) is 0. The van der Waals surface area contributed by atoms with Crippen LogP contribution in [-0.2, 0) is 0 Å². The minimum absolute atomic E-state index is 0.361. The van der Waals surface area contributed by atoms with E-state index in [0.717, 1.165) is 6.16 Å². The maximum Gasteiger partial charge on any atom is -0.0104 e. The van der Waals surface area contributed by atoms with Crippen molar-refractivity contribution in [1.82, 2.24) is 0 Å². The first-order chi connectivity index (χ1) is 7.47. The van der Waals surface area contributed by atoms with Gasteiger partial charge in [-0.1, -0.05) is 43.2 Å². The topological polar surface area (TPSA) is 0 Å². The van der Waals surface area contributed by atoms with E-state index in [1.807, 2.05) is 0 Å². The summed E-state index contributed by atoms with van der Waals surface area (Å²) in [6.45, 7) is 9.19. The highest BCUT2D eigenvalue weighted by molar-refractivity contribution is 7.16. The maximum atomic E-state index is 2.74. The lowest BCUT2D eigenvalue weighted by Gasteiger charge is -2.32. The van der Waals surface area contributed by atoms with Crippen molar-refractivity contribution in [3.8, 4) is 0 Å². The zero-order valence-electron chi connectivity index (χ0n) is 11.1. The summed E-state index contributed by atoms with van der Waals surface area (Å²) in [4.78, 5) is 0. The molecule has 0 nitrogen and oxygen atoms in total. The van der Waals surface area contributed by atoms with Gasteiger partial charge in [-0.3, -0.25) is 0 Å². The molecule has 0 aromatic rings. The Labute approximate surface area is 103 Å². The van der Waals surface area contributed by atoms with Crippen LogP contribution >= 0.6 is 9.24 Å². The molecule has 1 unspecified atom stereocenters. The van der Waals surface area contributed by atoms with Crippen LogP contribution < -0.4 is 0 Å². The Kier molecular flexibility index (Phi) is 4.99.